The molecule has 13 heteroatoms. The SMILES string of the molecule is CCC1=C(C)c2cc3[nH]c(cc4nc(c(CC(=O)OC)c5[nH]c(cc1n2)c(C)c5C(=O)NCCC(=O)CCC(=O)CCOC)C(C(C)C(=O)OC)C4C)c(C)c3CC. The van der Waals surface area contributed by atoms with E-state index in [1.165, 1.54) is 21.3 Å². The molecule has 3 aromatic heterocycles. The quantitative estimate of drug-likeness (QED) is 0.124. The van der Waals surface area contributed by atoms with Gasteiger partial charge < -0.3 is 29.5 Å². The number of methoxy groups -OCH3 is 3. The number of aryl methyl sites for hydroxylation is 3. The van der Waals surface area contributed by atoms with Gasteiger partial charge in [0, 0.05) is 79.0 Å². The lowest BCUT2D eigenvalue weighted by atomic mass is 9.79. The zero-order valence-electron chi connectivity index (χ0n) is 35.5. The van der Waals surface area contributed by atoms with Gasteiger partial charge >= 0.3 is 11.9 Å². The highest BCUT2D eigenvalue weighted by atomic mass is 16.5. The second-order valence-electron chi connectivity index (χ2n) is 15.2. The highest BCUT2D eigenvalue weighted by Gasteiger charge is 2.40. The maximum absolute atomic E-state index is 14.4. The van der Waals surface area contributed by atoms with E-state index in [1.54, 1.807) is 6.92 Å². The minimum Gasteiger partial charge on any atom is -0.469 e. The van der Waals surface area contributed by atoms with Crippen molar-refractivity contribution in [3.05, 3.63) is 68.8 Å². The molecule has 5 heterocycles. The summed E-state index contributed by atoms with van der Waals surface area (Å²) in [5.41, 5.74) is 11.1. The number of H-pyrrole nitrogens is 2. The summed E-state index contributed by atoms with van der Waals surface area (Å²) in [6.07, 6.45) is 1.71. The molecule has 0 aliphatic carbocycles. The summed E-state index contributed by atoms with van der Waals surface area (Å²) in [5.74, 6) is -3.18. The van der Waals surface area contributed by atoms with Crippen molar-refractivity contribution in [3.63, 3.8) is 0 Å². The van der Waals surface area contributed by atoms with Crippen LogP contribution in [0.5, 0.6) is 0 Å². The second kappa shape index (κ2) is 18.9. The van der Waals surface area contributed by atoms with Crippen LogP contribution >= 0.6 is 0 Å². The number of hydrogen-bond acceptors (Lipinski definition) is 10. The fourth-order valence-electron chi connectivity index (χ4n) is 8.27. The molecule has 58 heavy (non-hydrogen) atoms. The molecular formula is C45H57N5O8. The van der Waals surface area contributed by atoms with Gasteiger partial charge in [-0.15, -0.1) is 0 Å². The van der Waals surface area contributed by atoms with E-state index in [0.717, 1.165) is 51.1 Å². The minimum atomic E-state index is -0.673. The predicted octanol–water partition coefficient (Wildman–Crippen LogP) is 7.32. The summed E-state index contributed by atoms with van der Waals surface area (Å²) in [5, 5.41) is 2.91. The number of rotatable bonds is 16. The topological polar surface area (TPSA) is 182 Å². The van der Waals surface area contributed by atoms with E-state index in [2.05, 4.69) is 49.0 Å². The third kappa shape index (κ3) is 8.99. The predicted molar refractivity (Wildman–Crippen MR) is 223 cm³/mol. The number of fused-ring (bicyclic) bond motifs is 8. The van der Waals surface area contributed by atoms with E-state index >= 15 is 0 Å². The third-order valence-corrected chi connectivity index (χ3v) is 11.7. The highest BCUT2D eigenvalue weighted by Crippen LogP contribution is 2.45. The van der Waals surface area contributed by atoms with Gasteiger partial charge in [-0.3, -0.25) is 29.0 Å². The average molecular weight is 796 g/mol. The normalized spacial score (nSPS) is 15.6. The molecule has 310 valence electrons. The Morgan fingerprint density at radius 1 is 0.793 bits per heavy atom. The molecule has 0 aromatic carbocycles. The largest absolute Gasteiger partial charge is 0.469 e. The number of Topliss-reactive ketones (excluding diaryl/α,β-unsaturated/α-hetero) is 2. The van der Waals surface area contributed by atoms with Crippen molar-refractivity contribution in [2.75, 3.05) is 34.5 Å². The zero-order valence-corrected chi connectivity index (χ0v) is 35.5. The van der Waals surface area contributed by atoms with Gasteiger partial charge in [0.1, 0.15) is 11.6 Å². The van der Waals surface area contributed by atoms with Crippen molar-refractivity contribution in [1.82, 2.24) is 25.3 Å². The van der Waals surface area contributed by atoms with Crippen LogP contribution in [0.1, 0.15) is 134 Å². The van der Waals surface area contributed by atoms with Gasteiger partial charge in [0.15, 0.2) is 0 Å². The summed E-state index contributed by atoms with van der Waals surface area (Å²) in [4.78, 5) is 83.4. The van der Waals surface area contributed by atoms with Crippen LogP contribution in [-0.2, 0) is 46.2 Å². The average Bonchev–Trinajstić information content (AvgIpc) is 3.90. The van der Waals surface area contributed by atoms with Crippen molar-refractivity contribution in [1.29, 1.82) is 0 Å². The molecule has 0 saturated heterocycles. The van der Waals surface area contributed by atoms with Gasteiger partial charge in [0.25, 0.3) is 5.91 Å². The van der Waals surface area contributed by atoms with Crippen molar-refractivity contribution < 1.29 is 38.2 Å². The van der Waals surface area contributed by atoms with E-state index in [9.17, 15) is 24.0 Å². The molecule has 13 nitrogen and oxygen atoms in total. The van der Waals surface area contributed by atoms with Gasteiger partial charge in [-0.1, -0.05) is 27.7 Å². The molecule has 1 amide bonds. The Morgan fingerprint density at radius 3 is 2.10 bits per heavy atom. The Bertz CT molecular complexity index is 2320. The summed E-state index contributed by atoms with van der Waals surface area (Å²) in [6, 6.07) is 6.02. The van der Waals surface area contributed by atoms with E-state index in [-0.39, 0.29) is 61.7 Å². The molecule has 0 spiro atoms. The fourth-order valence-corrected chi connectivity index (χ4v) is 8.27. The molecule has 0 radical (unpaired) electrons. The number of aromatic amines is 2. The smallest absolute Gasteiger partial charge is 0.310 e. The maximum atomic E-state index is 14.4. The van der Waals surface area contributed by atoms with E-state index in [0.29, 0.717) is 46.6 Å². The van der Waals surface area contributed by atoms with Crippen LogP contribution in [0, 0.1) is 19.8 Å². The number of carbonyl (C=O) groups excluding carboxylic acids is 5. The minimum absolute atomic E-state index is 0.0338. The number of aromatic nitrogens is 4. The Kier molecular flexibility index (Phi) is 14.2. The van der Waals surface area contributed by atoms with Crippen LogP contribution in [0.25, 0.3) is 33.2 Å². The number of esters is 2. The molecule has 3 unspecified atom stereocenters. The number of nitrogens with one attached hydrogen (secondary N) is 3. The Morgan fingerprint density at radius 2 is 1.47 bits per heavy atom. The number of nitrogens with zero attached hydrogens (tertiary/aromatic N) is 2. The third-order valence-electron chi connectivity index (χ3n) is 11.7. The molecule has 3 aromatic rings. The maximum Gasteiger partial charge on any atom is 0.310 e. The summed E-state index contributed by atoms with van der Waals surface area (Å²) >= 11 is 0. The number of amides is 1. The van der Waals surface area contributed by atoms with Crippen molar-refractivity contribution >= 4 is 62.6 Å². The zero-order chi connectivity index (χ0) is 42.4. The first-order valence-electron chi connectivity index (χ1n) is 20.1. The lowest BCUT2D eigenvalue weighted by Gasteiger charge is -2.23. The Hall–Kier alpha value is -5.43. The van der Waals surface area contributed by atoms with Crippen molar-refractivity contribution in [2.45, 2.75) is 105 Å². The second-order valence-corrected chi connectivity index (χ2v) is 15.2. The lowest BCUT2D eigenvalue weighted by molar-refractivity contribution is -0.145. The first-order chi connectivity index (χ1) is 27.7. The lowest BCUT2D eigenvalue weighted by Crippen LogP contribution is -2.27. The van der Waals surface area contributed by atoms with Gasteiger partial charge in [-0.25, -0.2) is 4.98 Å². The van der Waals surface area contributed by atoms with Crippen LogP contribution in [0.3, 0.4) is 0 Å². The summed E-state index contributed by atoms with van der Waals surface area (Å²) in [6.45, 7) is 14.3. The van der Waals surface area contributed by atoms with Crippen LogP contribution in [-0.4, -0.2) is 83.8 Å². The first kappa shape index (κ1) is 43.7. The number of hydrogen-bond donors (Lipinski definition) is 3. The molecule has 0 fully saturated rings. The number of carbonyl (C=O) groups is 5. The van der Waals surface area contributed by atoms with Crippen molar-refractivity contribution in [2.24, 2.45) is 5.92 Å². The fraction of sp³-hybridized carbons (Fsp3) is 0.489. The first-order valence-corrected chi connectivity index (χ1v) is 20.1. The number of ether oxygens (including phenoxy) is 3. The summed E-state index contributed by atoms with van der Waals surface area (Å²) in [7, 11) is 4.16. The van der Waals surface area contributed by atoms with Gasteiger partial charge in [0.2, 0.25) is 0 Å². The summed E-state index contributed by atoms with van der Waals surface area (Å²) < 4.78 is 15.4. The van der Waals surface area contributed by atoms with Gasteiger partial charge in [0.05, 0.1) is 61.3 Å². The number of allylic oxidation sites excluding steroid dienone is 2. The molecule has 2 aliphatic rings. The van der Waals surface area contributed by atoms with Crippen LogP contribution < -0.4 is 5.32 Å². The van der Waals surface area contributed by atoms with Crippen LogP contribution in [0.4, 0.5) is 0 Å². The Labute approximate surface area is 339 Å². The molecular weight excluding hydrogens is 739 g/mol. The highest BCUT2D eigenvalue weighted by molar-refractivity contribution is 6.06. The molecule has 0 saturated carbocycles. The van der Waals surface area contributed by atoms with Crippen molar-refractivity contribution in [3.8, 4) is 0 Å². The number of ketones is 2. The monoisotopic (exact) mass is 795 g/mol. The molecule has 3 N–H and O–H groups in total. The molecule has 3 atom stereocenters. The standard InChI is InChI=1S/C45H57N5O8/c1-11-30-23(3)33-20-35-25(5)40(27(7)45(55)58-10)42(49-35)32(19-39(53)57-9)43-41(44(54)46-17-15-28(51)13-14-29(52)16-18-56-8)26(6)36(50-43)22-38-31(12-2)24(4)34(48-38)21-37(30)47-33/h20-22,25,27,40,47,50H,11-19H2,1-10H3,(H,46,54). The van der Waals surface area contributed by atoms with Gasteiger partial charge in [-0.2, -0.15) is 0 Å². The van der Waals surface area contributed by atoms with Gasteiger partial charge in [-0.05, 0) is 79.6 Å². The molecule has 2 aliphatic heterocycles. The molecule has 5 rings (SSSR count). The van der Waals surface area contributed by atoms with Crippen LogP contribution in [0.15, 0.2) is 18.2 Å². The van der Waals surface area contributed by atoms with E-state index in [1.807, 2.05) is 26.0 Å². The Balaban J connectivity index is 1.82. The van der Waals surface area contributed by atoms with E-state index in [4.69, 9.17) is 24.2 Å². The van der Waals surface area contributed by atoms with Crippen LogP contribution in [0.2, 0.25) is 0 Å². The molecule has 8 bridgehead atoms. The van der Waals surface area contributed by atoms with E-state index < -0.39 is 29.7 Å².